The van der Waals surface area contributed by atoms with E-state index in [9.17, 15) is 4.79 Å². The van der Waals surface area contributed by atoms with Crippen LogP contribution >= 0.6 is 0 Å². The van der Waals surface area contributed by atoms with Gasteiger partial charge < -0.3 is 24.2 Å². The van der Waals surface area contributed by atoms with Crippen molar-refractivity contribution in [3.05, 3.63) is 17.5 Å². The van der Waals surface area contributed by atoms with E-state index >= 15 is 0 Å². The van der Waals surface area contributed by atoms with Gasteiger partial charge in [-0.2, -0.15) is 0 Å². The van der Waals surface area contributed by atoms with Gasteiger partial charge in [-0.15, -0.1) is 0 Å². The Labute approximate surface area is 160 Å². The molecule has 3 aliphatic heterocycles. The highest BCUT2D eigenvalue weighted by atomic mass is 16.5. The van der Waals surface area contributed by atoms with Crippen LogP contribution in [-0.2, 0) is 27.2 Å². The van der Waals surface area contributed by atoms with Crippen LogP contribution in [0.25, 0.3) is 0 Å². The molecule has 4 heterocycles. The molecule has 0 radical (unpaired) electrons. The summed E-state index contributed by atoms with van der Waals surface area (Å²) in [4.78, 5) is 15.8. The Kier molecular flexibility index (Phi) is 5.77. The van der Waals surface area contributed by atoms with Crippen LogP contribution in [0.1, 0.15) is 31.2 Å². The van der Waals surface area contributed by atoms with Gasteiger partial charge in [0.2, 0.25) is 5.91 Å². The minimum absolute atomic E-state index is 0.0594. The average molecular weight is 378 g/mol. The molecule has 3 fully saturated rings. The first-order valence-corrected chi connectivity index (χ1v) is 9.97. The van der Waals surface area contributed by atoms with Crippen molar-refractivity contribution in [3.63, 3.8) is 0 Å². The van der Waals surface area contributed by atoms with Crippen LogP contribution in [0.5, 0.6) is 0 Å². The van der Waals surface area contributed by atoms with Crippen molar-refractivity contribution in [2.24, 2.45) is 0 Å². The number of rotatable bonds is 6. The second-order valence-corrected chi connectivity index (χ2v) is 8.05. The van der Waals surface area contributed by atoms with Crippen molar-refractivity contribution in [3.8, 4) is 0 Å². The summed E-state index contributed by atoms with van der Waals surface area (Å²) in [5.41, 5.74) is 0.922. The van der Waals surface area contributed by atoms with Gasteiger partial charge in [0, 0.05) is 51.6 Å². The molecule has 0 spiro atoms. The zero-order valence-electron chi connectivity index (χ0n) is 16.1. The normalized spacial score (nSPS) is 24.0. The third kappa shape index (κ3) is 4.68. The molecule has 0 saturated carbocycles. The Balaban J connectivity index is 1.30. The summed E-state index contributed by atoms with van der Waals surface area (Å²) in [5.74, 6) is 1.09. The number of nitrogens with zero attached hydrogens (tertiary/aromatic N) is 3. The number of carbonyl (C=O) groups is 1. The van der Waals surface area contributed by atoms with Crippen LogP contribution in [0, 0.1) is 0 Å². The Morgan fingerprint density at radius 2 is 1.96 bits per heavy atom. The predicted octanol–water partition coefficient (Wildman–Crippen LogP) is 0.419. The first-order valence-electron chi connectivity index (χ1n) is 9.97. The molecule has 1 aromatic rings. The summed E-state index contributed by atoms with van der Waals surface area (Å²) < 4.78 is 16.5. The van der Waals surface area contributed by atoms with E-state index in [1.54, 1.807) is 6.92 Å². The molecular weight excluding hydrogens is 348 g/mol. The van der Waals surface area contributed by atoms with Gasteiger partial charge in [0.1, 0.15) is 0 Å². The molecule has 8 heteroatoms. The van der Waals surface area contributed by atoms with Gasteiger partial charge >= 0.3 is 0 Å². The van der Waals surface area contributed by atoms with Crippen molar-refractivity contribution < 1.29 is 18.8 Å². The third-order valence-electron chi connectivity index (χ3n) is 5.82. The van der Waals surface area contributed by atoms with Gasteiger partial charge in [0.25, 0.3) is 0 Å². The summed E-state index contributed by atoms with van der Waals surface area (Å²) in [7, 11) is 0. The van der Waals surface area contributed by atoms with Gasteiger partial charge in [-0.3, -0.25) is 9.69 Å². The maximum Gasteiger partial charge on any atom is 0.219 e. The molecule has 8 nitrogen and oxygen atoms in total. The fraction of sp³-hybridized carbons (Fsp3) is 0.789. The van der Waals surface area contributed by atoms with Crippen LogP contribution in [0.3, 0.4) is 0 Å². The SMILES string of the molecule is CC(=O)N1CCC(NC2(Cc3cc(CN4CCOCC4)on3)COC2)CC1. The van der Waals surface area contributed by atoms with Crippen LogP contribution in [0.2, 0.25) is 0 Å². The highest BCUT2D eigenvalue weighted by molar-refractivity contribution is 5.73. The first kappa shape index (κ1) is 18.9. The van der Waals surface area contributed by atoms with Crippen LogP contribution in [0.4, 0.5) is 0 Å². The fourth-order valence-electron chi connectivity index (χ4n) is 4.20. The smallest absolute Gasteiger partial charge is 0.219 e. The Morgan fingerprint density at radius 1 is 1.22 bits per heavy atom. The van der Waals surface area contributed by atoms with Crippen molar-refractivity contribution >= 4 is 5.91 Å². The number of ether oxygens (including phenoxy) is 2. The number of piperidine rings is 1. The highest BCUT2D eigenvalue weighted by Crippen LogP contribution is 2.25. The molecular formula is C19H30N4O4. The summed E-state index contributed by atoms with van der Waals surface area (Å²) in [5, 5.41) is 8.09. The minimum atomic E-state index is -0.0594. The van der Waals surface area contributed by atoms with E-state index in [0.717, 1.165) is 76.7 Å². The van der Waals surface area contributed by atoms with E-state index in [1.165, 1.54) is 0 Å². The lowest BCUT2D eigenvalue weighted by Crippen LogP contribution is -2.65. The van der Waals surface area contributed by atoms with Crippen LogP contribution in [0.15, 0.2) is 10.6 Å². The van der Waals surface area contributed by atoms with E-state index in [4.69, 9.17) is 14.0 Å². The number of hydrogen-bond donors (Lipinski definition) is 1. The highest BCUT2D eigenvalue weighted by Gasteiger charge is 2.41. The summed E-state index contributed by atoms with van der Waals surface area (Å²) in [6.45, 7) is 8.95. The number of amides is 1. The van der Waals surface area contributed by atoms with E-state index in [1.807, 2.05) is 4.90 Å². The van der Waals surface area contributed by atoms with E-state index in [-0.39, 0.29) is 11.4 Å². The largest absolute Gasteiger partial charge is 0.379 e. The Hall–Kier alpha value is -1.48. The quantitative estimate of drug-likeness (QED) is 0.768. The van der Waals surface area contributed by atoms with Gasteiger partial charge in [-0.25, -0.2) is 0 Å². The van der Waals surface area contributed by atoms with Crippen LogP contribution < -0.4 is 5.32 Å². The van der Waals surface area contributed by atoms with Gasteiger partial charge in [0.15, 0.2) is 5.76 Å². The molecule has 0 unspecified atom stereocenters. The zero-order chi connectivity index (χ0) is 18.7. The lowest BCUT2D eigenvalue weighted by atomic mass is 9.88. The monoisotopic (exact) mass is 378 g/mol. The number of likely N-dealkylation sites (tertiary alicyclic amines) is 1. The summed E-state index contributed by atoms with van der Waals surface area (Å²) >= 11 is 0. The number of carbonyl (C=O) groups excluding carboxylic acids is 1. The molecule has 0 aliphatic carbocycles. The lowest BCUT2D eigenvalue weighted by molar-refractivity contribution is -0.130. The zero-order valence-corrected chi connectivity index (χ0v) is 16.1. The van der Waals surface area contributed by atoms with Crippen molar-refractivity contribution in [2.45, 2.75) is 44.3 Å². The van der Waals surface area contributed by atoms with Crippen molar-refractivity contribution in [1.82, 2.24) is 20.3 Å². The van der Waals surface area contributed by atoms with Crippen LogP contribution in [-0.4, -0.2) is 85.1 Å². The van der Waals surface area contributed by atoms with Gasteiger partial charge in [-0.1, -0.05) is 5.16 Å². The molecule has 0 bridgehead atoms. The standard InChI is InChI=1S/C19H30N4O4/c1-15(24)23-4-2-16(3-5-23)20-19(13-26-14-19)11-17-10-18(27-21-17)12-22-6-8-25-9-7-22/h10,16,20H,2-9,11-14H2,1H3. The van der Waals surface area contributed by atoms with Crippen molar-refractivity contribution in [2.75, 3.05) is 52.6 Å². The minimum Gasteiger partial charge on any atom is -0.379 e. The summed E-state index contributed by atoms with van der Waals surface area (Å²) in [6.07, 6.45) is 2.79. The molecule has 1 aromatic heterocycles. The third-order valence-corrected chi connectivity index (χ3v) is 5.82. The second kappa shape index (κ2) is 8.26. The molecule has 3 aliphatic rings. The van der Waals surface area contributed by atoms with Gasteiger partial charge in [0.05, 0.1) is 44.2 Å². The van der Waals surface area contributed by atoms with Crippen molar-refractivity contribution in [1.29, 1.82) is 0 Å². The Morgan fingerprint density at radius 3 is 2.59 bits per heavy atom. The molecule has 27 heavy (non-hydrogen) atoms. The molecule has 4 rings (SSSR count). The molecule has 1 amide bonds. The average Bonchev–Trinajstić information content (AvgIpc) is 3.08. The Bertz CT molecular complexity index is 631. The molecule has 1 N–H and O–H groups in total. The molecule has 0 aromatic carbocycles. The second-order valence-electron chi connectivity index (χ2n) is 8.05. The number of hydrogen-bond acceptors (Lipinski definition) is 7. The number of morpholine rings is 1. The van der Waals surface area contributed by atoms with E-state index in [0.29, 0.717) is 19.3 Å². The first-order chi connectivity index (χ1) is 13.1. The van der Waals surface area contributed by atoms with E-state index in [2.05, 4.69) is 21.4 Å². The maximum atomic E-state index is 11.5. The molecule has 150 valence electrons. The maximum absolute atomic E-state index is 11.5. The fourth-order valence-corrected chi connectivity index (χ4v) is 4.20. The molecule has 0 atom stereocenters. The summed E-state index contributed by atoms with van der Waals surface area (Å²) in [6, 6.07) is 2.50. The number of aromatic nitrogens is 1. The number of nitrogens with one attached hydrogen (secondary N) is 1. The molecule has 3 saturated heterocycles. The lowest BCUT2D eigenvalue weighted by Gasteiger charge is -2.46. The van der Waals surface area contributed by atoms with Gasteiger partial charge in [-0.05, 0) is 12.8 Å². The predicted molar refractivity (Wildman–Crippen MR) is 98.3 cm³/mol. The topological polar surface area (TPSA) is 80.1 Å². The van der Waals surface area contributed by atoms with E-state index < -0.39 is 0 Å².